The zero-order chi connectivity index (χ0) is 27.9. The fourth-order valence-corrected chi connectivity index (χ4v) is 6.04. The molecule has 2 fully saturated rings. The number of fused-ring (bicyclic) bond motifs is 1. The Bertz CT molecular complexity index is 1210. The molecule has 39 heavy (non-hydrogen) atoms. The van der Waals surface area contributed by atoms with Gasteiger partial charge < -0.3 is 20.0 Å². The molecule has 0 spiro atoms. The molecular weight excluding hydrogens is 535 g/mol. The molecule has 8 nitrogen and oxygen atoms in total. The van der Waals surface area contributed by atoms with Crippen LogP contribution in [0, 0.1) is 6.92 Å². The van der Waals surface area contributed by atoms with Gasteiger partial charge in [-0.3, -0.25) is 14.4 Å². The summed E-state index contributed by atoms with van der Waals surface area (Å²) in [6.07, 6.45) is -1.88. The smallest absolute Gasteiger partial charge is 0.252 e. The molecule has 12 heteroatoms. The van der Waals surface area contributed by atoms with Crippen molar-refractivity contribution in [2.75, 3.05) is 50.8 Å². The van der Waals surface area contributed by atoms with Crippen LogP contribution in [0.25, 0.3) is 0 Å². The Morgan fingerprint density at radius 2 is 1.82 bits per heavy atom. The van der Waals surface area contributed by atoms with Crippen LogP contribution in [0.2, 0.25) is 5.02 Å². The molecule has 0 bridgehead atoms. The van der Waals surface area contributed by atoms with Crippen molar-refractivity contribution in [1.29, 1.82) is 0 Å². The van der Waals surface area contributed by atoms with Crippen LogP contribution in [-0.4, -0.2) is 93.2 Å². The molecule has 1 atom stereocenters. The molecule has 2 aromatic rings. The first-order valence-electron chi connectivity index (χ1n) is 13.4. The maximum Gasteiger partial charge on any atom is 0.252 e. The summed E-state index contributed by atoms with van der Waals surface area (Å²) in [5, 5.41) is 26.5. The van der Waals surface area contributed by atoms with Crippen molar-refractivity contribution in [3.8, 4) is 0 Å². The second-order valence-corrected chi connectivity index (χ2v) is 11.4. The summed E-state index contributed by atoms with van der Waals surface area (Å²) in [7, 11) is 0. The number of hydrogen-bond donors (Lipinski definition) is 2. The molecule has 2 aliphatic heterocycles. The Morgan fingerprint density at radius 3 is 2.49 bits per heavy atom. The largest absolute Gasteiger partial charge is 0.387 e. The number of aliphatic hydroxyl groups is 2. The Hall–Kier alpha value is -2.34. The predicted molar refractivity (Wildman–Crippen MR) is 141 cm³/mol. The normalized spacial score (nSPS) is 22.0. The quantitative estimate of drug-likeness (QED) is 0.556. The molecule has 214 valence electrons. The number of carbonyl (C=O) groups is 1. The average Bonchev–Trinajstić information content (AvgIpc) is 3.26. The molecule has 1 aromatic carbocycles. The predicted octanol–water partition coefficient (Wildman–Crippen LogP) is 3.11. The SMILES string of the molecule is Cc1c(Cl)cccc1N1CCN(C(=O)Cn2nc(C(O)N3CCC(O)(CF)CC3)c3c2CCC(F)(F)C3)CC1. The first-order valence-corrected chi connectivity index (χ1v) is 13.8. The number of hydrogen-bond acceptors (Lipinski definition) is 6. The van der Waals surface area contributed by atoms with Gasteiger partial charge in [0.05, 0.1) is 5.60 Å². The van der Waals surface area contributed by atoms with E-state index in [0.29, 0.717) is 36.9 Å². The van der Waals surface area contributed by atoms with Gasteiger partial charge in [0, 0.05) is 74.1 Å². The second-order valence-electron chi connectivity index (χ2n) is 11.0. The van der Waals surface area contributed by atoms with Crippen LogP contribution in [0.5, 0.6) is 0 Å². The second kappa shape index (κ2) is 10.9. The van der Waals surface area contributed by atoms with Crippen molar-refractivity contribution in [1.82, 2.24) is 19.6 Å². The first-order chi connectivity index (χ1) is 18.5. The van der Waals surface area contributed by atoms with Crippen LogP contribution in [0.15, 0.2) is 18.2 Å². The summed E-state index contributed by atoms with van der Waals surface area (Å²) >= 11 is 6.28. The van der Waals surface area contributed by atoms with Gasteiger partial charge in [0.1, 0.15) is 18.9 Å². The summed E-state index contributed by atoms with van der Waals surface area (Å²) in [6, 6.07) is 5.77. The van der Waals surface area contributed by atoms with Gasteiger partial charge in [-0.1, -0.05) is 17.7 Å². The molecule has 0 radical (unpaired) electrons. The van der Waals surface area contributed by atoms with Crippen molar-refractivity contribution >= 4 is 23.2 Å². The summed E-state index contributed by atoms with van der Waals surface area (Å²) in [4.78, 5) is 18.8. The molecule has 2 saturated heterocycles. The number of halogens is 4. The molecule has 1 amide bonds. The number of anilines is 1. The summed E-state index contributed by atoms with van der Waals surface area (Å²) in [5.74, 6) is -3.09. The highest BCUT2D eigenvalue weighted by Crippen LogP contribution is 2.38. The van der Waals surface area contributed by atoms with E-state index in [-0.39, 0.29) is 62.5 Å². The van der Waals surface area contributed by atoms with Crippen LogP contribution >= 0.6 is 11.6 Å². The van der Waals surface area contributed by atoms with Crippen LogP contribution in [0.4, 0.5) is 18.9 Å². The minimum absolute atomic E-state index is 0.0543. The number of alkyl halides is 3. The van der Waals surface area contributed by atoms with Gasteiger partial charge in [0.2, 0.25) is 5.91 Å². The van der Waals surface area contributed by atoms with Crippen molar-refractivity contribution in [3.05, 3.63) is 45.7 Å². The van der Waals surface area contributed by atoms with E-state index in [1.807, 2.05) is 25.1 Å². The number of rotatable bonds is 6. The standard InChI is InChI=1S/C27H35ClF3N5O3/c1-18-20(28)3-2-4-21(18)33-11-13-34(14-12-33)23(37)16-36-22-5-6-27(30,31)15-19(22)24(32-36)25(38)35-9-7-26(39,17-29)8-10-35/h2-4,25,38-39H,5-17H2,1H3. The minimum atomic E-state index is -2.93. The van der Waals surface area contributed by atoms with Gasteiger partial charge in [-0.25, -0.2) is 13.2 Å². The third kappa shape index (κ3) is 5.77. The van der Waals surface area contributed by atoms with E-state index >= 15 is 0 Å². The van der Waals surface area contributed by atoms with Gasteiger partial charge in [-0.15, -0.1) is 0 Å². The van der Waals surface area contributed by atoms with Crippen LogP contribution < -0.4 is 4.90 Å². The Morgan fingerprint density at radius 1 is 1.13 bits per heavy atom. The topological polar surface area (TPSA) is 85.1 Å². The lowest BCUT2D eigenvalue weighted by molar-refractivity contribution is -0.132. The van der Waals surface area contributed by atoms with Crippen LogP contribution in [0.3, 0.4) is 0 Å². The highest BCUT2D eigenvalue weighted by Gasteiger charge is 2.42. The van der Waals surface area contributed by atoms with E-state index in [2.05, 4.69) is 10.00 Å². The first kappa shape index (κ1) is 28.2. The van der Waals surface area contributed by atoms with Crippen LogP contribution in [-0.2, 0) is 24.2 Å². The fourth-order valence-electron chi connectivity index (χ4n) is 5.87. The Labute approximate surface area is 230 Å². The van der Waals surface area contributed by atoms with Crippen molar-refractivity contribution < 1.29 is 28.2 Å². The lowest BCUT2D eigenvalue weighted by Crippen LogP contribution is -2.50. The molecule has 1 unspecified atom stereocenters. The molecule has 1 aliphatic carbocycles. The number of piperidine rings is 1. The summed E-state index contributed by atoms with van der Waals surface area (Å²) in [6.45, 7) is 3.70. The summed E-state index contributed by atoms with van der Waals surface area (Å²) < 4.78 is 43.5. The molecule has 2 N–H and O–H groups in total. The van der Waals surface area contributed by atoms with E-state index in [4.69, 9.17) is 11.6 Å². The third-order valence-electron chi connectivity index (χ3n) is 8.43. The van der Waals surface area contributed by atoms with Crippen molar-refractivity contribution in [2.24, 2.45) is 0 Å². The monoisotopic (exact) mass is 569 g/mol. The Balaban J connectivity index is 1.29. The number of aliphatic hydroxyl groups excluding tert-OH is 1. The molecular formula is C27H35ClF3N5O3. The lowest BCUT2D eigenvalue weighted by Gasteiger charge is -2.38. The van der Waals surface area contributed by atoms with Gasteiger partial charge in [0.15, 0.2) is 6.23 Å². The van der Waals surface area contributed by atoms with E-state index in [0.717, 1.165) is 11.3 Å². The zero-order valence-corrected chi connectivity index (χ0v) is 22.8. The number of aromatic nitrogens is 2. The minimum Gasteiger partial charge on any atom is -0.387 e. The maximum absolute atomic E-state index is 14.4. The highest BCUT2D eigenvalue weighted by atomic mass is 35.5. The van der Waals surface area contributed by atoms with Crippen LogP contribution in [0.1, 0.15) is 48.0 Å². The van der Waals surface area contributed by atoms with E-state index in [1.165, 1.54) is 4.68 Å². The van der Waals surface area contributed by atoms with Gasteiger partial charge in [0.25, 0.3) is 5.92 Å². The number of piperazine rings is 1. The molecule has 5 rings (SSSR count). The number of likely N-dealkylation sites (tertiary alicyclic amines) is 1. The number of benzene rings is 1. The van der Waals surface area contributed by atoms with E-state index < -0.39 is 30.8 Å². The molecule has 1 aromatic heterocycles. The van der Waals surface area contributed by atoms with Gasteiger partial charge >= 0.3 is 0 Å². The molecule has 3 heterocycles. The lowest BCUT2D eigenvalue weighted by atomic mass is 9.90. The highest BCUT2D eigenvalue weighted by molar-refractivity contribution is 6.31. The number of amides is 1. The van der Waals surface area contributed by atoms with E-state index in [9.17, 15) is 28.2 Å². The maximum atomic E-state index is 14.4. The fraction of sp³-hybridized carbons (Fsp3) is 0.630. The van der Waals surface area contributed by atoms with E-state index in [1.54, 1.807) is 9.80 Å². The molecule has 0 saturated carbocycles. The summed E-state index contributed by atoms with van der Waals surface area (Å²) in [5.41, 5.74) is 1.55. The number of carbonyl (C=O) groups excluding carboxylic acids is 1. The molecule has 3 aliphatic rings. The van der Waals surface area contributed by atoms with Gasteiger partial charge in [-0.05, 0) is 43.9 Å². The zero-order valence-electron chi connectivity index (χ0n) is 22.1. The third-order valence-corrected chi connectivity index (χ3v) is 8.84. The van der Waals surface area contributed by atoms with Crippen molar-refractivity contribution in [3.63, 3.8) is 0 Å². The Kier molecular flexibility index (Phi) is 7.89. The van der Waals surface area contributed by atoms with Gasteiger partial charge in [-0.2, -0.15) is 5.10 Å². The van der Waals surface area contributed by atoms with Crippen molar-refractivity contribution in [2.45, 2.75) is 63.3 Å². The average molecular weight is 570 g/mol. The number of nitrogens with zero attached hydrogens (tertiary/aromatic N) is 5.